The summed E-state index contributed by atoms with van der Waals surface area (Å²) in [5, 5.41) is 12.0. The maximum atomic E-state index is 11.8. The smallest absolute Gasteiger partial charge is 0.318 e. The van der Waals surface area contributed by atoms with Gasteiger partial charge in [-0.15, -0.1) is 0 Å². The second-order valence-corrected chi connectivity index (χ2v) is 7.96. The monoisotopic (exact) mass is 383 g/mol. The minimum atomic E-state index is -0.331. The van der Waals surface area contributed by atoms with Gasteiger partial charge in [-0.1, -0.05) is 36.4 Å². The third kappa shape index (κ3) is 3.61. The van der Waals surface area contributed by atoms with Crippen LogP contribution >= 0.6 is 22.6 Å². The summed E-state index contributed by atoms with van der Waals surface area (Å²) < 4.78 is 5.48. The Hall–Kier alpha value is 0.120. The quantitative estimate of drug-likeness (QED) is 0.458. The second-order valence-electron chi connectivity index (χ2n) is 6.10. The summed E-state index contributed by atoms with van der Waals surface area (Å²) in [6.45, 7) is 10.0. The molecule has 0 bridgehead atoms. The molecule has 1 saturated heterocycles. The van der Waals surface area contributed by atoms with Crippen LogP contribution in [0.1, 0.15) is 60.3 Å². The molecule has 3 unspecified atom stereocenters. The molecule has 112 valence electrons. The summed E-state index contributed by atoms with van der Waals surface area (Å²) in [5.41, 5.74) is -0.662. The van der Waals surface area contributed by atoms with Gasteiger partial charge in [-0.25, -0.2) is 0 Å². The highest BCUT2D eigenvalue weighted by atomic mass is 127. The Morgan fingerprint density at radius 3 is 2.11 bits per heavy atom. The molecular weight excluding hydrogens is 357 g/mol. The van der Waals surface area contributed by atoms with E-state index in [1.54, 1.807) is 0 Å². The third-order valence-electron chi connectivity index (χ3n) is 4.49. The molecule has 1 fully saturated rings. The number of carbonyl (C=O) groups is 1. The van der Waals surface area contributed by atoms with Crippen molar-refractivity contribution >= 4 is 28.6 Å². The number of rotatable bonds is 4. The molecule has 5 heteroatoms. The van der Waals surface area contributed by atoms with Crippen molar-refractivity contribution in [1.29, 1.82) is 0 Å². The van der Waals surface area contributed by atoms with E-state index in [1.807, 2.05) is 20.8 Å². The number of hydrogen-bond acceptors (Lipinski definition) is 4. The average molecular weight is 383 g/mol. The average Bonchev–Trinajstić information content (AvgIpc) is 2.35. The molecule has 1 aliphatic heterocycles. The lowest BCUT2D eigenvalue weighted by molar-refractivity contribution is -0.271. The molecule has 3 atom stereocenters. The van der Waals surface area contributed by atoms with Gasteiger partial charge in [0.1, 0.15) is 10.0 Å². The van der Waals surface area contributed by atoms with Crippen LogP contribution in [0.5, 0.6) is 0 Å². The van der Waals surface area contributed by atoms with Gasteiger partial charge in [0.15, 0.2) is 0 Å². The molecule has 0 amide bonds. The standard InChI is InChI=1S/C14H26INO3/c1-6-13(4)8-11(19-12(17)10(3)15)9-14(5,7-2)16(13)18/h10-11,18H,6-9H2,1-5H3. The van der Waals surface area contributed by atoms with Crippen molar-refractivity contribution in [2.24, 2.45) is 0 Å². The molecule has 1 rings (SSSR count). The van der Waals surface area contributed by atoms with Crippen LogP contribution in [0.25, 0.3) is 0 Å². The van der Waals surface area contributed by atoms with Gasteiger partial charge in [0.25, 0.3) is 0 Å². The fourth-order valence-corrected chi connectivity index (χ4v) is 2.95. The number of ether oxygens (including phenoxy) is 1. The fraction of sp³-hybridized carbons (Fsp3) is 0.929. The zero-order valence-corrected chi connectivity index (χ0v) is 14.7. The van der Waals surface area contributed by atoms with E-state index in [-0.39, 0.29) is 27.1 Å². The highest BCUT2D eigenvalue weighted by Gasteiger charge is 2.49. The molecule has 0 aliphatic carbocycles. The first-order valence-corrected chi connectivity index (χ1v) is 8.27. The lowest BCUT2D eigenvalue weighted by atomic mass is 9.76. The van der Waals surface area contributed by atoms with Crippen molar-refractivity contribution < 1.29 is 14.7 Å². The van der Waals surface area contributed by atoms with Gasteiger partial charge >= 0.3 is 5.97 Å². The summed E-state index contributed by atoms with van der Waals surface area (Å²) >= 11 is 2.07. The Kier molecular flexibility index (Phi) is 5.66. The van der Waals surface area contributed by atoms with E-state index in [0.717, 1.165) is 12.8 Å². The highest BCUT2D eigenvalue weighted by molar-refractivity contribution is 14.1. The summed E-state index contributed by atoms with van der Waals surface area (Å²) in [7, 11) is 0. The van der Waals surface area contributed by atoms with E-state index in [9.17, 15) is 10.0 Å². The lowest BCUT2D eigenvalue weighted by Gasteiger charge is -2.53. The number of alkyl halides is 1. The summed E-state index contributed by atoms with van der Waals surface area (Å²) in [6, 6.07) is 0. The fourth-order valence-electron chi connectivity index (χ4n) is 2.81. The first-order chi connectivity index (χ1) is 8.68. The zero-order chi connectivity index (χ0) is 14.8. The minimum absolute atomic E-state index is 0.108. The molecule has 0 aromatic rings. The van der Waals surface area contributed by atoms with Crippen LogP contribution in [-0.4, -0.2) is 37.3 Å². The van der Waals surface area contributed by atoms with Crippen LogP contribution < -0.4 is 0 Å². The van der Waals surface area contributed by atoms with E-state index in [4.69, 9.17) is 4.74 Å². The van der Waals surface area contributed by atoms with Crippen molar-refractivity contribution in [2.75, 3.05) is 0 Å². The normalized spacial score (nSPS) is 37.9. The number of halogens is 1. The summed E-state index contributed by atoms with van der Waals surface area (Å²) in [5.74, 6) is -0.158. The number of esters is 1. The first-order valence-electron chi connectivity index (χ1n) is 7.02. The number of nitrogens with zero attached hydrogens (tertiary/aromatic N) is 1. The van der Waals surface area contributed by atoms with Gasteiger partial charge in [0.2, 0.25) is 0 Å². The molecule has 1 aliphatic rings. The van der Waals surface area contributed by atoms with Gasteiger partial charge in [0, 0.05) is 23.9 Å². The van der Waals surface area contributed by atoms with Crippen molar-refractivity contribution in [3.63, 3.8) is 0 Å². The second kappa shape index (κ2) is 6.26. The molecule has 0 radical (unpaired) electrons. The Morgan fingerprint density at radius 1 is 1.37 bits per heavy atom. The van der Waals surface area contributed by atoms with E-state index in [1.165, 1.54) is 5.06 Å². The highest BCUT2D eigenvalue weighted by Crippen LogP contribution is 2.41. The van der Waals surface area contributed by atoms with Gasteiger partial charge in [0.05, 0.1) is 0 Å². The molecule has 1 heterocycles. The molecule has 0 aromatic carbocycles. The Balaban J connectivity index is 2.90. The number of hydrogen-bond donors (Lipinski definition) is 1. The summed E-state index contributed by atoms with van der Waals surface area (Å²) in [6.07, 6.45) is 2.91. The maximum Gasteiger partial charge on any atom is 0.318 e. The van der Waals surface area contributed by atoms with Gasteiger partial charge < -0.3 is 9.94 Å². The number of hydroxylamine groups is 2. The van der Waals surface area contributed by atoms with Crippen LogP contribution in [-0.2, 0) is 9.53 Å². The topological polar surface area (TPSA) is 49.8 Å². The van der Waals surface area contributed by atoms with E-state index in [2.05, 4.69) is 36.4 Å². The van der Waals surface area contributed by atoms with Crippen LogP contribution in [0.3, 0.4) is 0 Å². The molecule has 19 heavy (non-hydrogen) atoms. The number of piperidine rings is 1. The van der Waals surface area contributed by atoms with Crippen molar-refractivity contribution in [3.8, 4) is 0 Å². The Labute approximate surface area is 130 Å². The van der Waals surface area contributed by atoms with E-state index < -0.39 is 0 Å². The van der Waals surface area contributed by atoms with Crippen LogP contribution in [0, 0.1) is 0 Å². The summed E-state index contributed by atoms with van der Waals surface area (Å²) in [4.78, 5) is 11.8. The van der Waals surface area contributed by atoms with E-state index in [0.29, 0.717) is 12.8 Å². The largest absolute Gasteiger partial charge is 0.461 e. The van der Waals surface area contributed by atoms with Crippen molar-refractivity contribution in [3.05, 3.63) is 0 Å². The third-order valence-corrected chi connectivity index (χ3v) is 5.00. The minimum Gasteiger partial charge on any atom is -0.461 e. The molecular formula is C14H26INO3. The van der Waals surface area contributed by atoms with Crippen molar-refractivity contribution in [2.45, 2.75) is 81.4 Å². The first kappa shape index (κ1) is 17.2. The molecule has 1 N–H and O–H groups in total. The zero-order valence-electron chi connectivity index (χ0n) is 12.6. The Bertz CT molecular complexity index is 317. The number of carbonyl (C=O) groups excluding carboxylic acids is 1. The van der Waals surface area contributed by atoms with E-state index >= 15 is 0 Å². The Morgan fingerprint density at radius 2 is 1.79 bits per heavy atom. The molecule has 4 nitrogen and oxygen atoms in total. The molecule has 0 spiro atoms. The predicted molar refractivity (Wildman–Crippen MR) is 83.6 cm³/mol. The molecule has 0 aromatic heterocycles. The van der Waals surface area contributed by atoms with Crippen LogP contribution in [0.15, 0.2) is 0 Å². The van der Waals surface area contributed by atoms with Crippen LogP contribution in [0.4, 0.5) is 0 Å². The van der Waals surface area contributed by atoms with Gasteiger partial charge in [-0.2, -0.15) is 5.06 Å². The SMILES string of the molecule is CCC1(C)CC(OC(=O)C(C)I)CC(C)(CC)N1O. The lowest BCUT2D eigenvalue weighted by Crippen LogP contribution is -2.62. The van der Waals surface area contributed by atoms with Gasteiger partial charge in [-0.05, 0) is 33.6 Å². The van der Waals surface area contributed by atoms with Gasteiger partial charge in [-0.3, -0.25) is 4.79 Å². The molecule has 0 saturated carbocycles. The predicted octanol–water partition coefficient (Wildman–Crippen LogP) is 3.54. The maximum absolute atomic E-state index is 11.8. The van der Waals surface area contributed by atoms with Crippen molar-refractivity contribution in [1.82, 2.24) is 5.06 Å². The van der Waals surface area contributed by atoms with Crippen LogP contribution in [0.2, 0.25) is 0 Å².